The summed E-state index contributed by atoms with van der Waals surface area (Å²) < 4.78 is 0. The zero-order valence-corrected chi connectivity index (χ0v) is 17.5. The molecule has 4 rings (SSSR count). The quantitative estimate of drug-likeness (QED) is 0.331. The first-order valence-corrected chi connectivity index (χ1v) is 10.4. The fraction of sp³-hybridized carbons (Fsp3) is 0.115. The van der Waals surface area contributed by atoms with E-state index in [1.54, 1.807) is 6.20 Å². The number of carbonyl (C=O) groups is 1. The van der Waals surface area contributed by atoms with E-state index in [1.165, 1.54) is 0 Å². The third kappa shape index (κ3) is 5.70. The molecule has 1 unspecified atom stereocenters. The molecule has 6 nitrogen and oxygen atoms in total. The molecular weight excluding hydrogens is 400 g/mol. The van der Waals surface area contributed by atoms with Crippen molar-refractivity contribution in [2.45, 2.75) is 12.8 Å². The van der Waals surface area contributed by atoms with Crippen molar-refractivity contribution in [1.29, 1.82) is 0 Å². The number of rotatable bonds is 9. The molecule has 160 valence electrons. The van der Waals surface area contributed by atoms with Crippen LogP contribution in [0.25, 0.3) is 0 Å². The van der Waals surface area contributed by atoms with Crippen LogP contribution in [0.1, 0.15) is 11.1 Å². The maximum absolute atomic E-state index is 12.0. The lowest BCUT2D eigenvalue weighted by atomic mass is 9.93. The van der Waals surface area contributed by atoms with Crippen LogP contribution in [0.2, 0.25) is 0 Å². The molecule has 3 aromatic carbocycles. The number of aliphatic carboxylic acids is 1. The van der Waals surface area contributed by atoms with E-state index in [2.05, 4.69) is 20.6 Å². The van der Waals surface area contributed by atoms with Crippen LogP contribution in [0.3, 0.4) is 0 Å². The van der Waals surface area contributed by atoms with Gasteiger partial charge in [-0.25, -0.2) is 4.98 Å². The minimum absolute atomic E-state index is 0.311. The monoisotopic (exact) mass is 424 g/mol. The smallest absolute Gasteiger partial charge is 0.307 e. The molecule has 0 radical (unpaired) electrons. The molecule has 0 amide bonds. The lowest BCUT2D eigenvalue weighted by Crippen LogP contribution is -2.20. The average molecular weight is 425 g/mol. The molecular formula is C26H24N4O2. The highest BCUT2D eigenvalue weighted by atomic mass is 16.4. The highest BCUT2D eigenvalue weighted by Gasteiger charge is 2.21. The second-order valence-electron chi connectivity index (χ2n) is 7.48. The second kappa shape index (κ2) is 10.2. The Hall–Kier alpha value is -4.19. The van der Waals surface area contributed by atoms with Gasteiger partial charge in [-0.3, -0.25) is 4.79 Å². The first-order chi connectivity index (χ1) is 15.7. The summed E-state index contributed by atoms with van der Waals surface area (Å²) in [7, 11) is 0. The summed E-state index contributed by atoms with van der Waals surface area (Å²) in [5.74, 6) is -0.409. The molecule has 4 aromatic rings. The van der Waals surface area contributed by atoms with Crippen molar-refractivity contribution < 1.29 is 9.90 Å². The number of para-hydroxylation sites is 2. The average Bonchev–Trinajstić information content (AvgIpc) is 2.82. The van der Waals surface area contributed by atoms with Crippen molar-refractivity contribution in [3.63, 3.8) is 0 Å². The molecule has 0 saturated heterocycles. The molecule has 3 N–H and O–H groups in total. The fourth-order valence-electron chi connectivity index (χ4n) is 3.44. The minimum atomic E-state index is -0.842. The van der Waals surface area contributed by atoms with Crippen LogP contribution in [0.4, 0.5) is 23.1 Å². The van der Waals surface area contributed by atoms with Gasteiger partial charge in [-0.15, -0.1) is 0 Å². The van der Waals surface area contributed by atoms with Gasteiger partial charge in [0.05, 0.1) is 5.92 Å². The number of carboxylic acids is 1. The third-order valence-corrected chi connectivity index (χ3v) is 5.07. The molecule has 0 aliphatic carbocycles. The predicted octanol–water partition coefficient (Wildman–Crippen LogP) is 5.45. The van der Waals surface area contributed by atoms with Crippen LogP contribution in [0.15, 0.2) is 97.2 Å². The van der Waals surface area contributed by atoms with Crippen LogP contribution < -0.4 is 10.6 Å². The van der Waals surface area contributed by atoms with E-state index in [1.807, 2.05) is 91.0 Å². The highest BCUT2D eigenvalue weighted by Crippen LogP contribution is 2.25. The van der Waals surface area contributed by atoms with E-state index in [0.29, 0.717) is 24.6 Å². The Morgan fingerprint density at radius 1 is 0.781 bits per heavy atom. The van der Waals surface area contributed by atoms with Crippen LogP contribution in [-0.4, -0.2) is 21.0 Å². The van der Waals surface area contributed by atoms with Gasteiger partial charge < -0.3 is 15.7 Å². The van der Waals surface area contributed by atoms with Crippen molar-refractivity contribution in [2.75, 3.05) is 10.6 Å². The Kier molecular flexibility index (Phi) is 6.72. The summed E-state index contributed by atoms with van der Waals surface area (Å²) >= 11 is 0. The largest absolute Gasteiger partial charge is 0.481 e. The van der Waals surface area contributed by atoms with E-state index < -0.39 is 11.9 Å². The lowest BCUT2D eigenvalue weighted by molar-refractivity contribution is -0.141. The van der Waals surface area contributed by atoms with Gasteiger partial charge in [0.1, 0.15) is 5.82 Å². The standard InChI is InChI=1S/C26H24N4O2/c31-25(32)20(16-19-10-4-1-5-11-19)17-21-18-27-26(29-23-14-8-3-9-15-23)30-24(21)28-22-12-6-2-7-13-22/h1-15,18,20H,16-17H2,(H,31,32)(H2,27,28,29,30). The molecule has 1 heterocycles. The normalized spacial score (nSPS) is 11.5. The second-order valence-corrected chi connectivity index (χ2v) is 7.48. The van der Waals surface area contributed by atoms with Crippen molar-refractivity contribution in [3.05, 3.63) is 108 Å². The summed E-state index contributed by atoms with van der Waals surface area (Å²) in [6.07, 6.45) is 2.44. The molecule has 0 aliphatic heterocycles. The molecule has 32 heavy (non-hydrogen) atoms. The van der Waals surface area contributed by atoms with Gasteiger partial charge in [-0.1, -0.05) is 66.7 Å². The molecule has 6 heteroatoms. The molecule has 0 fully saturated rings. The fourth-order valence-corrected chi connectivity index (χ4v) is 3.44. The lowest BCUT2D eigenvalue weighted by Gasteiger charge is -2.17. The Balaban J connectivity index is 1.62. The van der Waals surface area contributed by atoms with E-state index in [4.69, 9.17) is 0 Å². The van der Waals surface area contributed by atoms with Crippen LogP contribution >= 0.6 is 0 Å². The Labute approximate surface area is 187 Å². The van der Waals surface area contributed by atoms with Crippen molar-refractivity contribution in [1.82, 2.24) is 9.97 Å². The first kappa shape index (κ1) is 21.1. The van der Waals surface area contributed by atoms with E-state index >= 15 is 0 Å². The first-order valence-electron chi connectivity index (χ1n) is 10.4. The van der Waals surface area contributed by atoms with Gasteiger partial charge in [0.25, 0.3) is 0 Å². The SMILES string of the molecule is O=C(O)C(Cc1ccccc1)Cc1cnc(Nc2ccccc2)nc1Nc1ccccc1. The summed E-state index contributed by atoms with van der Waals surface area (Å²) in [5, 5.41) is 16.4. The summed E-state index contributed by atoms with van der Waals surface area (Å²) in [6.45, 7) is 0. The number of nitrogens with zero attached hydrogens (tertiary/aromatic N) is 2. The molecule has 0 saturated carbocycles. The molecule has 1 atom stereocenters. The van der Waals surface area contributed by atoms with Gasteiger partial charge >= 0.3 is 5.97 Å². The van der Waals surface area contributed by atoms with E-state index in [9.17, 15) is 9.90 Å². The summed E-state index contributed by atoms with van der Waals surface area (Å²) in [4.78, 5) is 21.1. The predicted molar refractivity (Wildman–Crippen MR) is 126 cm³/mol. The Morgan fingerprint density at radius 3 is 1.94 bits per heavy atom. The Morgan fingerprint density at radius 2 is 1.34 bits per heavy atom. The van der Waals surface area contributed by atoms with E-state index in [0.717, 1.165) is 22.5 Å². The van der Waals surface area contributed by atoms with Crippen LogP contribution in [0, 0.1) is 5.92 Å². The van der Waals surface area contributed by atoms with Gasteiger partial charge in [0.2, 0.25) is 5.95 Å². The van der Waals surface area contributed by atoms with Gasteiger partial charge in [0, 0.05) is 23.1 Å². The topological polar surface area (TPSA) is 87.1 Å². The number of anilines is 4. The number of carboxylic acid groups (broad SMARTS) is 1. The number of nitrogens with one attached hydrogen (secondary N) is 2. The molecule has 0 spiro atoms. The number of hydrogen-bond acceptors (Lipinski definition) is 5. The number of aromatic nitrogens is 2. The van der Waals surface area contributed by atoms with Crippen LogP contribution in [-0.2, 0) is 17.6 Å². The Bertz CT molecular complexity index is 1150. The summed E-state index contributed by atoms with van der Waals surface area (Å²) in [5.41, 5.74) is 3.47. The highest BCUT2D eigenvalue weighted by molar-refractivity contribution is 5.72. The minimum Gasteiger partial charge on any atom is -0.481 e. The maximum atomic E-state index is 12.0. The maximum Gasteiger partial charge on any atom is 0.307 e. The van der Waals surface area contributed by atoms with Crippen molar-refractivity contribution in [2.24, 2.45) is 5.92 Å². The number of benzene rings is 3. The number of hydrogen-bond donors (Lipinski definition) is 3. The molecule has 0 aliphatic rings. The van der Waals surface area contributed by atoms with Gasteiger partial charge in [-0.2, -0.15) is 4.98 Å². The third-order valence-electron chi connectivity index (χ3n) is 5.07. The molecule has 1 aromatic heterocycles. The van der Waals surface area contributed by atoms with Crippen molar-refractivity contribution in [3.8, 4) is 0 Å². The van der Waals surface area contributed by atoms with Crippen molar-refractivity contribution >= 4 is 29.1 Å². The van der Waals surface area contributed by atoms with E-state index in [-0.39, 0.29) is 0 Å². The summed E-state index contributed by atoms with van der Waals surface area (Å²) in [6, 6.07) is 29.0. The zero-order chi connectivity index (χ0) is 22.2. The van der Waals surface area contributed by atoms with Gasteiger partial charge in [-0.05, 0) is 42.7 Å². The molecule has 0 bridgehead atoms. The zero-order valence-electron chi connectivity index (χ0n) is 17.5. The van der Waals surface area contributed by atoms with Crippen LogP contribution in [0.5, 0.6) is 0 Å². The van der Waals surface area contributed by atoms with Gasteiger partial charge in [0.15, 0.2) is 0 Å².